The van der Waals surface area contributed by atoms with E-state index in [0.29, 0.717) is 25.7 Å². The topological polar surface area (TPSA) is 43.4 Å². The monoisotopic (exact) mass is 276 g/mol. The third kappa shape index (κ3) is 12.6. The smallest absolute Gasteiger partial charge is 0.305 e. The lowest BCUT2D eigenvalue weighted by Crippen LogP contribution is -2.00. The Bertz CT molecular complexity index is 376. The van der Waals surface area contributed by atoms with Crippen molar-refractivity contribution in [1.29, 1.82) is 0 Å². The van der Waals surface area contributed by atoms with E-state index in [-0.39, 0.29) is 11.8 Å². The summed E-state index contributed by atoms with van der Waals surface area (Å²) in [6.07, 6.45) is 17.1. The second-order valence-corrected chi connectivity index (χ2v) is 4.27. The van der Waals surface area contributed by atoms with Gasteiger partial charge in [-0.3, -0.25) is 9.59 Å². The number of ketones is 1. The maximum absolute atomic E-state index is 11.5. The van der Waals surface area contributed by atoms with Gasteiger partial charge in [-0.05, 0) is 31.8 Å². The van der Waals surface area contributed by atoms with E-state index in [2.05, 4.69) is 17.4 Å². The van der Waals surface area contributed by atoms with E-state index in [0.717, 1.165) is 12.8 Å². The molecule has 0 aromatic carbocycles. The fourth-order valence-corrected chi connectivity index (χ4v) is 1.44. The van der Waals surface area contributed by atoms with Gasteiger partial charge in [0.25, 0.3) is 0 Å². The number of allylic oxidation sites excluding steroid dienone is 7. The molecule has 0 bridgehead atoms. The minimum atomic E-state index is -0.222. The summed E-state index contributed by atoms with van der Waals surface area (Å²) in [4.78, 5) is 22.3. The van der Waals surface area contributed by atoms with Crippen LogP contribution < -0.4 is 0 Å². The summed E-state index contributed by atoms with van der Waals surface area (Å²) in [6, 6.07) is 0. The molecule has 0 aliphatic rings. The molecule has 0 saturated heterocycles. The van der Waals surface area contributed by atoms with Crippen molar-refractivity contribution in [3.63, 3.8) is 0 Å². The van der Waals surface area contributed by atoms with Crippen LogP contribution >= 0.6 is 0 Å². The number of esters is 1. The summed E-state index contributed by atoms with van der Waals surface area (Å²) < 4.78 is 4.53. The summed E-state index contributed by atoms with van der Waals surface area (Å²) >= 11 is 0. The summed E-state index contributed by atoms with van der Waals surface area (Å²) in [5.41, 5.74) is 0. The third-order valence-corrected chi connectivity index (χ3v) is 2.55. The van der Waals surface area contributed by atoms with Gasteiger partial charge in [0.15, 0.2) is 5.78 Å². The molecule has 0 fully saturated rings. The van der Waals surface area contributed by atoms with Crippen molar-refractivity contribution in [3.05, 3.63) is 49.1 Å². The number of rotatable bonds is 11. The van der Waals surface area contributed by atoms with Crippen molar-refractivity contribution >= 4 is 11.8 Å². The van der Waals surface area contributed by atoms with Crippen molar-refractivity contribution < 1.29 is 14.3 Å². The van der Waals surface area contributed by atoms with E-state index in [9.17, 15) is 9.59 Å². The Kier molecular flexibility index (Phi) is 12.2. The molecule has 0 aromatic rings. The number of ether oxygens (including phenoxy) is 1. The molecule has 0 unspecified atom stereocenters. The minimum absolute atomic E-state index is 0.0849. The highest BCUT2D eigenvalue weighted by Gasteiger charge is 2.01. The van der Waals surface area contributed by atoms with Gasteiger partial charge in [-0.15, -0.1) is 6.58 Å². The van der Waals surface area contributed by atoms with Crippen molar-refractivity contribution in [1.82, 2.24) is 0 Å². The molecule has 0 aliphatic heterocycles. The first kappa shape index (κ1) is 18.1. The zero-order valence-corrected chi connectivity index (χ0v) is 12.2. The van der Waals surface area contributed by atoms with E-state index in [4.69, 9.17) is 0 Å². The fraction of sp³-hybridized carbons (Fsp3) is 0.412. The molecule has 3 heteroatoms. The average Bonchev–Trinajstić information content (AvgIpc) is 2.46. The predicted octanol–water partition coefficient (Wildman–Crippen LogP) is 3.92. The van der Waals surface area contributed by atoms with Crippen molar-refractivity contribution in [2.75, 3.05) is 7.11 Å². The number of methoxy groups -OCH3 is 1. The van der Waals surface area contributed by atoms with Crippen LogP contribution in [0, 0.1) is 0 Å². The van der Waals surface area contributed by atoms with Gasteiger partial charge < -0.3 is 4.74 Å². The Morgan fingerprint density at radius 2 is 1.70 bits per heavy atom. The molecule has 0 amide bonds. The number of carbonyl (C=O) groups excluding carboxylic acids is 2. The van der Waals surface area contributed by atoms with Gasteiger partial charge >= 0.3 is 5.97 Å². The van der Waals surface area contributed by atoms with Crippen LogP contribution in [0.4, 0.5) is 0 Å². The lowest BCUT2D eigenvalue weighted by atomic mass is 10.1. The van der Waals surface area contributed by atoms with Crippen LogP contribution in [0.25, 0.3) is 0 Å². The van der Waals surface area contributed by atoms with Gasteiger partial charge in [-0.25, -0.2) is 0 Å². The van der Waals surface area contributed by atoms with Gasteiger partial charge in [0.05, 0.1) is 7.11 Å². The Hall–Kier alpha value is -1.90. The number of hydrogen-bond acceptors (Lipinski definition) is 3. The standard InChI is InChI=1S/C17H24O3/c1-3-4-5-6-7-8-9-10-13-16(18)14-11-12-15-17(19)20-2/h3,5-6,8-10,13H,1,4,7,11-12,14-15H2,2H3/b6-5-,9-8-,13-10+. The maximum atomic E-state index is 11.5. The predicted molar refractivity (Wildman–Crippen MR) is 82.3 cm³/mol. The molecule has 0 radical (unpaired) electrons. The third-order valence-electron chi connectivity index (χ3n) is 2.55. The minimum Gasteiger partial charge on any atom is -0.469 e. The quantitative estimate of drug-likeness (QED) is 0.189. The summed E-state index contributed by atoms with van der Waals surface area (Å²) in [5.74, 6) is -0.137. The lowest BCUT2D eigenvalue weighted by molar-refractivity contribution is -0.140. The van der Waals surface area contributed by atoms with Crippen LogP contribution in [0.5, 0.6) is 0 Å². The van der Waals surface area contributed by atoms with Crippen molar-refractivity contribution in [2.24, 2.45) is 0 Å². The molecule has 3 nitrogen and oxygen atoms in total. The van der Waals surface area contributed by atoms with Crippen LogP contribution in [0.3, 0.4) is 0 Å². The van der Waals surface area contributed by atoms with E-state index in [1.165, 1.54) is 7.11 Å². The first-order valence-electron chi connectivity index (χ1n) is 6.89. The highest BCUT2D eigenvalue weighted by atomic mass is 16.5. The molecule has 0 heterocycles. The summed E-state index contributed by atoms with van der Waals surface area (Å²) in [5, 5.41) is 0. The van der Waals surface area contributed by atoms with Crippen LogP contribution in [-0.4, -0.2) is 18.9 Å². The zero-order chi connectivity index (χ0) is 15.1. The van der Waals surface area contributed by atoms with Gasteiger partial charge in [-0.1, -0.05) is 36.5 Å². The SMILES string of the molecule is C=CC/C=C\C/C=C\C=C\C(=O)CCCCC(=O)OC. The van der Waals surface area contributed by atoms with E-state index >= 15 is 0 Å². The molecule has 0 aromatic heterocycles. The number of carbonyl (C=O) groups is 2. The van der Waals surface area contributed by atoms with Crippen LogP contribution in [-0.2, 0) is 14.3 Å². The van der Waals surface area contributed by atoms with Gasteiger partial charge in [0, 0.05) is 12.8 Å². The second kappa shape index (κ2) is 13.5. The van der Waals surface area contributed by atoms with Gasteiger partial charge in [-0.2, -0.15) is 0 Å². The Morgan fingerprint density at radius 3 is 2.40 bits per heavy atom. The maximum Gasteiger partial charge on any atom is 0.305 e. The summed E-state index contributed by atoms with van der Waals surface area (Å²) in [7, 11) is 1.37. The molecule has 0 saturated carbocycles. The van der Waals surface area contributed by atoms with Crippen LogP contribution in [0.15, 0.2) is 49.1 Å². The van der Waals surface area contributed by atoms with E-state index < -0.39 is 0 Å². The number of hydrogen-bond donors (Lipinski definition) is 0. The Morgan fingerprint density at radius 1 is 1.00 bits per heavy atom. The number of unbranched alkanes of at least 4 members (excludes halogenated alkanes) is 1. The van der Waals surface area contributed by atoms with Crippen LogP contribution in [0.2, 0.25) is 0 Å². The molecule has 0 aliphatic carbocycles. The Balaban J connectivity index is 3.64. The first-order chi connectivity index (χ1) is 9.70. The molecule has 110 valence electrons. The van der Waals surface area contributed by atoms with Gasteiger partial charge in [0.2, 0.25) is 0 Å². The molecule has 20 heavy (non-hydrogen) atoms. The fourth-order valence-electron chi connectivity index (χ4n) is 1.44. The molecular weight excluding hydrogens is 252 g/mol. The summed E-state index contributed by atoms with van der Waals surface area (Å²) in [6.45, 7) is 3.63. The largest absolute Gasteiger partial charge is 0.469 e. The van der Waals surface area contributed by atoms with Crippen molar-refractivity contribution in [3.8, 4) is 0 Å². The van der Waals surface area contributed by atoms with E-state index in [1.54, 1.807) is 12.2 Å². The molecule has 0 spiro atoms. The van der Waals surface area contributed by atoms with Gasteiger partial charge in [0.1, 0.15) is 0 Å². The Labute approximate surface area is 121 Å². The molecule has 0 N–H and O–H groups in total. The van der Waals surface area contributed by atoms with Crippen LogP contribution in [0.1, 0.15) is 38.5 Å². The molecule has 0 atom stereocenters. The lowest BCUT2D eigenvalue weighted by Gasteiger charge is -1.97. The molecule has 0 rings (SSSR count). The first-order valence-corrected chi connectivity index (χ1v) is 6.89. The average molecular weight is 276 g/mol. The van der Waals surface area contributed by atoms with E-state index in [1.807, 2.05) is 24.3 Å². The zero-order valence-electron chi connectivity index (χ0n) is 12.2. The van der Waals surface area contributed by atoms with Crippen molar-refractivity contribution in [2.45, 2.75) is 38.5 Å². The second-order valence-electron chi connectivity index (χ2n) is 4.27. The highest BCUT2D eigenvalue weighted by molar-refractivity contribution is 5.89. The highest BCUT2D eigenvalue weighted by Crippen LogP contribution is 2.02. The molecular formula is C17H24O3. The normalized spacial score (nSPS) is 11.4.